The van der Waals surface area contributed by atoms with E-state index in [0.717, 1.165) is 0 Å². The van der Waals surface area contributed by atoms with E-state index in [1.165, 1.54) is 0 Å². The van der Waals surface area contributed by atoms with Crippen LogP contribution in [0, 0.1) is 0 Å². The van der Waals surface area contributed by atoms with Gasteiger partial charge in [-0.15, -0.1) is 0 Å². The maximum absolute atomic E-state index is 9.25. The molecule has 1 rings (SSSR count). The van der Waals surface area contributed by atoms with Crippen LogP contribution in [0.25, 0.3) is 0 Å². The monoisotopic (exact) mass is 180 g/mol. The molecule has 6 heteroatoms. The summed E-state index contributed by atoms with van der Waals surface area (Å²) in [5, 5.41) is 44.7. The van der Waals surface area contributed by atoms with Gasteiger partial charge in [0, 0.05) is 0 Å². The van der Waals surface area contributed by atoms with E-state index in [-0.39, 0.29) is 0 Å². The Morgan fingerprint density at radius 1 is 1.25 bits per heavy atom. The second kappa shape index (κ2) is 3.25. The summed E-state index contributed by atoms with van der Waals surface area (Å²) in [6.45, 7) is -1.36. The lowest BCUT2D eigenvalue weighted by molar-refractivity contribution is -0.248. The minimum absolute atomic E-state index is 0.527. The van der Waals surface area contributed by atoms with Gasteiger partial charge in [0.2, 0.25) is 5.79 Å². The van der Waals surface area contributed by atoms with Crippen molar-refractivity contribution in [2.75, 3.05) is 13.2 Å². The molecular weight excluding hydrogens is 168 g/mol. The molecule has 0 aromatic carbocycles. The SMILES string of the molecule is OC[C@H]1OC(O)(CO)[C@@H](O)[C@H]1O. The van der Waals surface area contributed by atoms with Crippen molar-refractivity contribution in [2.24, 2.45) is 0 Å². The number of aliphatic hydroxyl groups is 5. The fourth-order valence-electron chi connectivity index (χ4n) is 1.15. The van der Waals surface area contributed by atoms with Crippen LogP contribution in [0.15, 0.2) is 0 Å². The molecule has 1 aliphatic heterocycles. The van der Waals surface area contributed by atoms with Crippen LogP contribution in [0.1, 0.15) is 0 Å². The van der Waals surface area contributed by atoms with Crippen LogP contribution in [0.3, 0.4) is 0 Å². The molecule has 0 aromatic heterocycles. The first-order chi connectivity index (χ1) is 5.55. The molecule has 0 bridgehead atoms. The van der Waals surface area contributed by atoms with Crippen LogP contribution in [-0.2, 0) is 4.74 Å². The van der Waals surface area contributed by atoms with E-state index < -0.39 is 37.3 Å². The Morgan fingerprint density at radius 3 is 2.08 bits per heavy atom. The Hall–Kier alpha value is -0.240. The molecule has 1 heterocycles. The van der Waals surface area contributed by atoms with Crippen molar-refractivity contribution in [3.05, 3.63) is 0 Å². The first-order valence-electron chi connectivity index (χ1n) is 3.53. The van der Waals surface area contributed by atoms with Crippen molar-refractivity contribution >= 4 is 0 Å². The summed E-state index contributed by atoms with van der Waals surface area (Å²) in [6, 6.07) is 0. The normalized spacial score (nSPS) is 48.2. The van der Waals surface area contributed by atoms with Gasteiger partial charge in [-0.05, 0) is 0 Å². The predicted octanol–water partition coefficient (Wildman–Crippen LogP) is -3.22. The van der Waals surface area contributed by atoms with Gasteiger partial charge in [-0.25, -0.2) is 0 Å². The van der Waals surface area contributed by atoms with Gasteiger partial charge in [-0.3, -0.25) is 0 Å². The predicted molar refractivity (Wildman–Crippen MR) is 36.0 cm³/mol. The van der Waals surface area contributed by atoms with E-state index in [0.29, 0.717) is 0 Å². The Kier molecular flexibility index (Phi) is 2.67. The van der Waals surface area contributed by atoms with Crippen LogP contribution in [-0.4, -0.2) is 62.8 Å². The van der Waals surface area contributed by atoms with Gasteiger partial charge in [0.15, 0.2) is 0 Å². The third-order valence-corrected chi connectivity index (χ3v) is 1.93. The third kappa shape index (κ3) is 1.33. The molecule has 0 aromatic rings. The van der Waals surface area contributed by atoms with Crippen LogP contribution in [0.5, 0.6) is 0 Å². The Balaban J connectivity index is 2.72. The molecule has 4 atom stereocenters. The molecule has 1 saturated heterocycles. The van der Waals surface area contributed by atoms with E-state index in [9.17, 15) is 5.11 Å². The molecule has 12 heavy (non-hydrogen) atoms. The van der Waals surface area contributed by atoms with Crippen molar-refractivity contribution in [2.45, 2.75) is 24.1 Å². The van der Waals surface area contributed by atoms with Crippen LogP contribution in [0.2, 0.25) is 0 Å². The van der Waals surface area contributed by atoms with E-state index in [1.807, 2.05) is 0 Å². The van der Waals surface area contributed by atoms with Crippen molar-refractivity contribution in [1.82, 2.24) is 0 Å². The molecule has 0 aliphatic carbocycles. The number of aliphatic hydroxyl groups excluding tert-OH is 4. The highest BCUT2D eigenvalue weighted by Gasteiger charge is 2.52. The number of rotatable bonds is 2. The molecule has 1 unspecified atom stereocenters. The second-order valence-corrected chi connectivity index (χ2v) is 2.78. The molecule has 0 amide bonds. The van der Waals surface area contributed by atoms with Crippen molar-refractivity contribution in [3.8, 4) is 0 Å². The summed E-state index contributed by atoms with van der Waals surface area (Å²) in [5.74, 6) is -2.16. The van der Waals surface area contributed by atoms with E-state index in [2.05, 4.69) is 4.74 Å². The largest absolute Gasteiger partial charge is 0.394 e. The molecule has 5 N–H and O–H groups in total. The number of hydrogen-bond acceptors (Lipinski definition) is 6. The van der Waals surface area contributed by atoms with Crippen molar-refractivity contribution < 1.29 is 30.3 Å². The zero-order valence-electron chi connectivity index (χ0n) is 6.29. The minimum Gasteiger partial charge on any atom is -0.394 e. The van der Waals surface area contributed by atoms with Crippen molar-refractivity contribution in [1.29, 1.82) is 0 Å². The van der Waals surface area contributed by atoms with Gasteiger partial charge in [-0.2, -0.15) is 0 Å². The summed E-state index contributed by atoms with van der Waals surface area (Å²) in [4.78, 5) is 0. The third-order valence-electron chi connectivity index (χ3n) is 1.93. The molecule has 0 saturated carbocycles. The summed E-state index contributed by atoms with van der Waals surface area (Å²) >= 11 is 0. The zero-order valence-corrected chi connectivity index (χ0v) is 6.29. The minimum atomic E-state index is -2.16. The van der Waals surface area contributed by atoms with Crippen LogP contribution < -0.4 is 0 Å². The molecular formula is C6H12O6. The number of hydrogen-bond donors (Lipinski definition) is 5. The fraction of sp³-hybridized carbons (Fsp3) is 1.00. The van der Waals surface area contributed by atoms with Crippen LogP contribution in [0.4, 0.5) is 0 Å². The summed E-state index contributed by atoms with van der Waals surface area (Å²) in [6.07, 6.45) is -4.04. The quantitative estimate of drug-likeness (QED) is 0.306. The lowest BCUT2D eigenvalue weighted by Gasteiger charge is -2.22. The summed E-state index contributed by atoms with van der Waals surface area (Å²) in [7, 11) is 0. The Morgan fingerprint density at radius 2 is 1.83 bits per heavy atom. The lowest BCUT2D eigenvalue weighted by atomic mass is 10.1. The molecule has 1 fully saturated rings. The standard InChI is InChI=1S/C6H12O6/c7-1-3-4(9)5(10)6(11,2-8)12-3/h3-5,7-11H,1-2H2/t3-,4+,5+,6?/m1/s1. The molecule has 72 valence electrons. The fourth-order valence-corrected chi connectivity index (χ4v) is 1.15. The van der Waals surface area contributed by atoms with E-state index in [4.69, 9.17) is 20.4 Å². The van der Waals surface area contributed by atoms with E-state index >= 15 is 0 Å². The van der Waals surface area contributed by atoms with Crippen LogP contribution >= 0.6 is 0 Å². The second-order valence-electron chi connectivity index (χ2n) is 2.78. The first-order valence-corrected chi connectivity index (χ1v) is 3.53. The van der Waals surface area contributed by atoms with Crippen molar-refractivity contribution in [3.63, 3.8) is 0 Å². The average Bonchev–Trinajstić information content (AvgIpc) is 2.31. The highest BCUT2D eigenvalue weighted by atomic mass is 16.7. The zero-order chi connectivity index (χ0) is 9.35. The smallest absolute Gasteiger partial charge is 0.219 e. The number of ether oxygens (including phenoxy) is 1. The summed E-state index contributed by atoms with van der Waals surface area (Å²) in [5.41, 5.74) is 0. The van der Waals surface area contributed by atoms with Gasteiger partial charge in [0.1, 0.15) is 18.3 Å². The topological polar surface area (TPSA) is 110 Å². The van der Waals surface area contributed by atoms with Gasteiger partial charge in [0.25, 0.3) is 0 Å². The summed E-state index contributed by atoms with van der Waals surface area (Å²) < 4.78 is 4.63. The Bertz CT molecular complexity index is 162. The lowest BCUT2D eigenvalue weighted by Crippen LogP contribution is -2.46. The molecule has 6 nitrogen and oxygen atoms in total. The molecule has 0 radical (unpaired) electrons. The first kappa shape index (κ1) is 9.85. The molecule has 0 spiro atoms. The van der Waals surface area contributed by atoms with Gasteiger partial charge in [0.05, 0.1) is 13.2 Å². The average molecular weight is 180 g/mol. The van der Waals surface area contributed by atoms with Gasteiger partial charge < -0.3 is 30.3 Å². The highest BCUT2D eigenvalue weighted by Crippen LogP contribution is 2.28. The highest BCUT2D eigenvalue weighted by molar-refractivity contribution is 4.94. The van der Waals surface area contributed by atoms with E-state index in [1.54, 1.807) is 0 Å². The molecule has 1 aliphatic rings. The maximum atomic E-state index is 9.25. The Labute approximate surface area is 68.6 Å². The maximum Gasteiger partial charge on any atom is 0.219 e. The van der Waals surface area contributed by atoms with Gasteiger partial charge in [-0.1, -0.05) is 0 Å². The van der Waals surface area contributed by atoms with Gasteiger partial charge >= 0.3 is 0 Å².